The molecule has 2 amide bonds. The van der Waals surface area contributed by atoms with E-state index in [-0.39, 0.29) is 30.4 Å². The first-order valence-electron chi connectivity index (χ1n) is 10.6. The highest BCUT2D eigenvalue weighted by Gasteiger charge is 2.13. The number of carbonyl (C=O) groups is 2. The van der Waals surface area contributed by atoms with Crippen LogP contribution in [-0.2, 0) is 4.79 Å². The summed E-state index contributed by atoms with van der Waals surface area (Å²) in [6, 6.07) is 26.8. The number of nitrogens with one attached hydrogen (secondary N) is 3. The molecule has 0 heterocycles. The second-order valence-corrected chi connectivity index (χ2v) is 7.48. The van der Waals surface area contributed by atoms with Crippen molar-refractivity contribution in [2.75, 3.05) is 11.9 Å². The average molecular weight is 416 g/mol. The summed E-state index contributed by atoms with van der Waals surface area (Å²) in [6.07, 6.45) is 0.820. The van der Waals surface area contributed by atoms with Crippen LogP contribution in [0.4, 0.5) is 5.69 Å². The van der Waals surface area contributed by atoms with Crippen molar-refractivity contribution in [3.63, 3.8) is 0 Å². The minimum atomic E-state index is -0.130. The van der Waals surface area contributed by atoms with Crippen molar-refractivity contribution in [3.8, 4) is 0 Å². The van der Waals surface area contributed by atoms with Crippen molar-refractivity contribution in [1.82, 2.24) is 10.6 Å². The van der Waals surface area contributed by atoms with Gasteiger partial charge in [-0.3, -0.25) is 9.59 Å². The standard InChI is InChI=1S/C26H29N3O2/c1-3-24(21-12-8-5-9-13-21)29-25(30)18-27-23-16-14-22(15-17-23)26(31)28-19(2)20-10-6-4-7-11-20/h4-17,19,24,27H,3,18H2,1-2H3,(H,28,31)(H,29,30). The topological polar surface area (TPSA) is 70.2 Å². The van der Waals surface area contributed by atoms with Gasteiger partial charge in [-0.05, 0) is 48.7 Å². The largest absolute Gasteiger partial charge is 0.376 e. The Labute approximate surface area is 183 Å². The van der Waals surface area contributed by atoms with Crippen LogP contribution in [0.2, 0.25) is 0 Å². The van der Waals surface area contributed by atoms with Crippen LogP contribution >= 0.6 is 0 Å². The summed E-state index contributed by atoms with van der Waals surface area (Å²) in [6.45, 7) is 4.18. The summed E-state index contributed by atoms with van der Waals surface area (Å²) in [4.78, 5) is 24.9. The minimum absolute atomic E-state index is 0.00632. The highest BCUT2D eigenvalue weighted by atomic mass is 16.2. The molecule has 0 aliphatic rings. The van der Waals surface area contributed by atoms with E-state index < -0.39 is 0 Å². The molecule has 3 aromatic carbocycles. The van der Waals surface area contributed by atoms with Gasteiger partial charge in [0.15, 0.2) is 0 Å². The lowest BCUT2D eigenvalue weighted by molar-refractivity contribution is -0.120. The van der Waals surface area contributed by atoms with Gasteiger partial charge in [-0.1, -0.05) is 67.6 Å². The Morgan fingerprint density at radius 3 is 1.94 bits per heavy atom. The molecular formula is C26H29N3O2. The second kappa shape index (κ2) is 11.0. The van der Waals surface area contributed by atoms with Gasteiger partial charge >= 0.3 is 0 Å². The van der Waals surface area contributed by atoms with Crippen molar-refractivity contribution in [2.24, 2.45) is 0 Å². The molecular weight excluding hydrogens is 386 g/mol. The zero-order valence-corrected chi connectivity index (χ0v) is 18.0. The lowest BCUT2D eigenvalue weighted by atomic mass is 10.0. The van der Waals surface area contributed by atoms with Gasteiger partial charge in [0.1, 0.15) is 0 Å². The molecule has 0 radical (unpaired) electrons. The van der Waals surface area contributed by atoms with Crippen LogP contribution in [0, 0.1) is 0 Å². The normalized spacial score (nSPS) is 12.5. The highest BCUT2D eigenvalue weighted by Crippen LogP contribution is 2.16. The van der Waals surface area contributed by atoms with Crippen LogP contribution < -0.4 is 16.0 Å². The van der Waals surface area contributed by atoms with Crippen LogP contribution in [0.15, 0.2) is 84.9 Å². The molecule has 5 nitrogen and oxygen atoms in total. The SMILES string of the molecule is CCC(NC(=O)CNc1ccc(C(=O)NC(C)c2ccccc2)cc1)c1ccccc1. The fraction of sp³-hybridized carbons (Fsp3) is 0.231. The molecule has 2 unspecified atom stereocenters. The summed E-state index contributed by atoms with van der Waals surface area (Å²) in [5, 5.41) is 9.17. The number of carbonyl (C=O) groups excluding carboxylic acids is 2. The first kappa shape index (κ1) is 22.1. The number of hydrogen-bond acceptors (Lipinski definition) is 3. The Morgan fingerprint density at radius 2 is 1.35 bits per heavy atom. The number of rotatable bonds is 9. The van der Waals surface area contributed by atoms with Crippen LogP contribution in [0.3, 0.4) is 0 Å². The van der Waals surface area contributed by atoms with E-state index in [1.165, 1.54) is 0 Å². The molecule has 0 aliphatic heterocycles. The van der Waals surface area contributed by atoms with Gasteiger partial charge in [0, 0.05) is 11.3 Å². The van der Waals surface area contributed by atoms with Gasteiger partial charge in [-0.2, -0.15) is 0 Å². The Balaban J connectivity index is 1.49. The first-order chi connectivity index (χ1) is 15.1. The summed E-state index contributed by atoms with van der Waals surface area (Å²) in [5.74, 6) is -0.205. The lowest BCUT2D eigenvalue weighted by Crippen LogP contribution is -2.33. The van der Waals surface area contributed by atoms with Crippen molar-refractivity contribution < 1.29 is 9.59 Å². The molecule has 0 saturated carbocycles. The van der Waals surface area contributed by atoms with Gasteiger partial charge in [0.25, 0.3) is 5.91 Å². The van der Waals surface area contributed by atoms with Gasteiger partial charge in [-0.15, -0.1) is 0 Å². The average Bonchev–Trinajstić information content (AvgIpc) is 2.82. The van der Waals surface area contributed by atoms with Gasteiger partial charge in [0.05, 0.1) is 18.6 Å². The Kier molecular flexibility index (Phi) is 7.82. The second-order valence-electron chi connectivity index (χ2n) is 7.48. The molecule has 0 aliphatic carbocycles. The lowest BCUT2D eigenvalue weighted by Gasteiger charge is -2.18. The minimum Gasteiger partial charge on any atom is -0.376 e. The number of anilines is 1. The fourth-order valence-corrected chi connectivity index (χ4v) is 3.38. The van der Waals surface area contributed by atoms with E-state index >= 15 is 0 Å². The summed E-state index contributed by atoms with van der Waals surface area (Å²) in [5.41, 5.74) is 3.52. The third-order valence-corrected chi connectivity index (χ3v) is 5.19. The zero-order chi connectivity index (χ0) is 22.1. The smallest absolute Gasteiger partial charge is 0.251 e. The summed E-state index contributed by atoms with van der Waals surface area (Å²) < 4.78 is 0. The molecule has 31 heavy (non-hydrogen) atoms. The van der Waals surface area contributed by atoms with Crippen molar-refractivity contribution in [3.05, 3.63) is 102 Å². The zero-order valence-electron chi connectivity index (χ0n) is 18.0. The Hall–Kier alpha value is -3.60. The fourth-order valence-electron chi connectivity index (χ4n) is 3.38. The Bertz CT molecular complexity index is 973. The monoisotopic (exact) mass is 415 g/mol. The van der Waals surface area contributed by atoms with Gasteiger partial charge in [-0.25, -0.2) is 0 Å². The molecule has 0 bridgehead atoms. The maximum atomic E-state index is 12.5. The van der Waals surface area contributed by atoms with E-state index in [2.05, 4.69) is 16.0 Å². The van der Waals surface area contributed by atoms with E-state index in [1.807, 2.05) is 86.6 Å². The van der Waals surface area contributed by atoms with Crippen LogP contribution in [0.5, 0.6) is 0 Å². The number of hydrogen-bond donors (Lipinski definition) is 3. The first-order valence-corrected chi connectivity index (χ1v) is 10.6. The Morgan fingerprint density at radius 1 is 0.774 bits per heavy atom. The van der Waals surface area contributed by atoms with E-state index in [4.69, 9.17) is 0 Å². The van der Waals surface area contributed by atoms with Crippen molar-refractivity contribution in [1.29, 1.82) is 0 Å². The third kappa shape index (κ3) is 6.44. The van der Waals surface area contributed by atoms with E-state index in [0.717, 1.165) is 23.2 Å². The van der Waals surface area contributed by atoms with E-state index in [9.17, 15) is 9.59 Å². The van der Waals surface area contributed by atoms with Crippen molar-refractivity contribution in [2.45, 2.75) is 32.4 Å². The highest BCUT2D eigenvalue weighted by molar-refractivity contribution is 5.94. The molecule has 0 saturated heterocycles. The van der Waals surface area contributed by atoms with Crippen LogP contribution in [0.25, 0.3) is 0 Å². The maximum Gasteiger partial charge on any atom is 0.251 e. The van der Waals surface area contributed by atoms with Crippen LogP contribution in [0.1, 0.15) is 53.8 Å². The van der Waals surface area contributed by atoms with Crippen molar-refractivity contribution >= 4 is 17.5 Å². The summed E-state index contributed by atoms with van der Waals surface area (Å²) in [7, 11) is 0. The predicted molar refractivity (Wildman–Crippen MR) is 125 cm³/mol. The molecule has 160 valence electrons. The molecule has 3 aromatic rings. The van der Waals surface area contributed by atoms with E-state index in [0.29, 0.717) is 5.56 Å². The molecule has 3 rings (SSSR count). The molecule has 5 heteroatoms. The third-order valence-electron chi connectivity index (χ3n) is 5.19. The number of amides is 2. The molecule has 0 aromatic heterocycles. The summed E-state index contributed by atoms with van der Waals surface area (Å²) >= 11 is 0. The van der Waals surface area contributed by atoms with Gasteiger partial charge < -0.3 is 16.0 Å². The predicted octanol–water partition coefficient (Wildman–Crippen LogP) is 4.86. The molecule has 0 spiro atoms. The van der Waals surface area contributed by atoms with E-state index in [1.54, 1.807) is 12.1 Å². The quantitative estimate of drug-likeness (QED) is 0.468. The number of benzene rings is 3. The van der Waals surface area contributed by atoms with Crippen LogP contribution in [-0.4, -0.2) is 18.4 Å². The molecule has 0 fully saturated rings. The maximum absolute atomic E-state index is 12.5. The molecule has 2 atom stereocenters. The van der Waals surface area contributed by atoms with Gasteiger partial charge in [0.2, 0.25) is 5.91 Å². The molecule has 3 N–H and O–H groups in total.